The number of aliphatic hydroxyl groups excluding tert-OH is 1. The predicted octanol–water partition coefficient (Wildman–Crippen LogP) is 3.84. The number of methoxy groups -OCH3 is 1. The zero-order valence-corrected chi connectivity index (χ0v) is 17.8. The van der Waals surface area contributed by atoms with Gasteiger partial charge < -0.3 is 19.8 Å². The minimum absolute atomic E-state index is 0.0177. The van der Waals surface area contributed by atoms with Crippen molar-refractivity contribution >= 4 is 11.9 Å². The molecule has 0 aromatic heterocycles. The minimum Gasteiger partial charge on any atom is -0.481 e. The molecule has 2 N–H and O–H groups in total. The van der Waals surface area contributed by atoms with Gasteiger partial charge in [0.1, 0.15) is 0 Å². The van der Waals surface area contributed by atoms with Crippen LogP contribution in [0.3, 0.4) is 0 Å². The molecule has 0 radical (unpaired) electrons. The quantitative estimate of drug-likeness (QED) is 0.507. The highest BCUT2D eigenvalue weighted by atomic mass is 16.5. The van der Waals surface area contributed by atoms with E-state index in [0.717, 1.165) is 43.2 Å². The average Bonchev–Trinajstić information content (AvgIpc) is 3.40. The molecule has 2 aliphatic rings. The van der Waals surface area contributed by atoms with Gasteiger partial charge in [-0.05, 0) is 55.1 Å². The fraction of sp³-hybridized carbons (Fsp3) is 0.583. The number of nitrogens with zero attached hydrogens (tertiary/aromatic N) is 1. The first kappa shape index (κ1) is 22.5. The van der Waals surface area contributed by atoms with Gasteiger partial charge in [0.2, 0.25) is 5.91 Å². The van der Waals surface area contributed by atoms with Crippen LogP contribution in [0.15, 0.2) is 36.4 Å². The lowest BCUT2D eigenvalue weighted by Gasteiger charge is -2.25. The van der Waals surface area contributed by atoms with Gasteiger partial charge >= 0.3 is 5.97 Å². The van der Waals surface area contributed by atoms with Crippen LogP contribution in [0.25, 0.3) is 0 Å². The van der Waals surface area contributed by atoms with Crippen molar-refractivity contribution < 1.29 is 24.5 Å². The fourth-order valence-electron chi connectivity index (χ4n) is 4.40. The van der Waals surface area contributed by atoms with Crippen molar-refractivity contribution in [1.29, 1.82) is 0 Å². The molecule has 3 rings (SSSR count). The number of hydrogen-bond acceptors (Lipinski definition) is 4. The van der Waals surface area contributed by atoms with Gasteiger partial charge in [-0.3, -0.25) is 9.59 Å². The topological polar surface area (TPSA) is 87.1 Å². The molecule has 6 nitrogen and oxygen atoms in total. The van der Waals surface area contributed by atoms with E-state index in [1.807, 2.05) is 35.2 Å². The molecule has 164 valence electrons. The first-order chi connectivity index (χ1) is 14.4. The lowest BCUT2D eigenvalue weighted by atomic mass is 9.94. The van der Waals surface area contributed by atoms with E-state index in [2.05, 4.69) is 0 Å². The number of carboxylic acids is 1. The first-order valence-corrected chi connectivity index (χ1v) is 10.9. The van der Waals surface area contributed by atoms with E-state index >= 15 is 0 Å². The number of ether oxygens (including phenoxy) is 1. The maximum atomic E-state index is 12.4. The van der Waals surface area contributed by atoms with E-state index in [4.69, 9.17) is 9.84 Å². The standard InChI is InChI=1S/C24H33NO5/c1-30-17-18-4-2-5-19(16-18)21(26)9-7-20-8-10-22(27)25(20)15-14-24(12-13-24)11-3-6-23(28)29/h2,4-5,7,9,16,20-21,26H,3,6,8,10-15,17H2,1H3,(H,28,29)/b9-7+/t20-,21+/m0/s1. The molecule has 1 aromatic carbocycles. The van der Waals surface area contributed by atoms with E-state index < -0.39 is 12.1 Å². The molecule has 0 spiro atoms. The second kappa shape index (κ2) is 10.2. The van der Waals surface area contributed by atoms with Gasteiger partial charge in [0.25, 0.3) is 0 Å². The molecular weight excluding hydrogens is 382 g/mol. The van der Waals surface area contributed by atoms with Crippen molar-refractivity contribution in [3.8, 4) is 0 Å². The number of amides is 1. The molecule has 1 aliphatic heterocycles. The summed E-state index contributed by atoms with van der Waals surface area (Å²) in [7, 11) is 1.65. The van der Waals surface area contributed by atoms with Crippen molar-refractivity contribution in [2.75, 3.05) is 13.7 Å². The Hall–Kier alpha value is -2.18. The van der Waals surface area contributed by atoms with Crippen LogP contribution in [0.1, 0.15) is 68.6 Å². The third-order valence-electron chi connectivity index (χ3n) is 6.43. The number of carbonyl (C=O) groups excluding carboxylic acids is 1. The number of likely N-dealkylation sites (tertiary alicyclic amines) is 1. The van der Waals surface area contributed by atoms with Crippen LogP contribution in [0.2, 0.25) is 0 Å². The zero-order valence-electron chi connectivity index (χ0n) is 17.8. The molecule has 1 aromatic rings. The van der Waals surface area contributed by atoms with Gasteiger partial charge in [-0.1, -0.05) is 36.4 Å². The molecule has 1 amide bonds. The summed E-state index contributed by atoms with van der Waals surface area (Å²) < 4.78 is 5.15. The molecule has 6 heteroatoms. The van der Waals surface area contributed by atoms with Crippen molar-refractivity contribution in [2.24, 2.45) is 5.41 Å². The monoisotopic (exact) mass is 415 g/mol. The molecule has 0 bridgehead atoms. The highest BCUT2D eigenvalue weighted by Crippen LogP contribution is 2.53. The third kappa shape index (κ3) is 6.16. The molecule has 0 unspecified atom stereocenters. The average molecular weight is 416 g/mol. The Morgan fingerprint density at radius 2 is 2.17 bits per heavy atom. The van der Waals surface area contributed by atoms with Crippen molar-refractivity contribution in [2.45, 2.75) is 70.1 Å². The minimum atomic E-state index is -0.739. The lowest BCUT2D eigenvalue weighted by Crippen LogP contribution is -2.34. The highest BCUT2D eigenvalue weighted by molar-refractivity contribution is 5.79. The molecule has 30 heavy (non-hydrogen) atoms. The highest BCUT2D eigenvalue weighted by Gasteiger charge is 2.42. The Morgan fingerprint density at radius 3 is 2.87 bits per heavy atom. The van der Waals surface area contributed by atoms with E-state index in [9.17, 15) is 14.7 Å². The Balaban J connectivity index is 1.54. The first-order valence-electron chi connectivity index (χ1n) is 10.9. The third-order valence-corrected chi connectivity index (χ3v) is 6.43. The number of benzene rings is 1. The van der Waals surface area contributed by atoms with Crippen LogP contribution in [-0.4, -0.2) is 46.7 Å². The van der Waals surface area contributed by atoms with Gasteiger partial charge in [0, 0.05) is 26.5 Å². The predicted molar refractivity (Wildman–Crippen MR) is 114 cm³/mol. The van der Waals surface area contributed by atoms with Crippen molar-refractivity contribution in [1.82, 2.24) is 4.90 Å². The van der Waals surface area contributed by atoms with Crippen molar-refractivity contribution in [3.63, 3.8) is 0 Å². The summed E-state index contributed by atoms with van der Waals surface area (Å²) >= 11 is 0. The summed E-state index contributed by atoms with van der Waals surface area (Å²) in [6.45, 7) is 1.21. The largest absolute Gasteiger partial charge is 0.481 e. The van der Waals surface area contributed by atoms with Gasteiger partial charge in [-0.15, -0.1) is 0 Å². The van der Waals surface area contributed by atoms with Gasteiger partial charge in [0.15, 0.2) is 0 Å². The lowest BCUT2D eigenvalue weighted by molar-refractivity contribution is -0.137. The summed E-state index contributed by atoms with van der Waals surface area (Å²) in [5.41, 5.74) is 2.05. The van der Waals surface area contributed by atoms with Gasteiger partial charge in [0.05, 0.1) is 18.8 Å². The smallest absolute Gasteiger partial charge is 0.303 e. The number of carbonyl (C=O) groups is 2. The van der Waals surface area contributed by atoms with Crippen LogP contribution in [0.4, 0.5) is 0 Å². The van der Waals surface area contributed by atoms with Crippen LogP contribution in [0.5, 0.6) is 0 Å². The van der Waals surface area contributed by atoms with E-state index in [1.165, 1.54) is 0 Å². The van der Waals surface area contributed by atoms with Gasteiger partial charge in [-0.25, -0.2) is 0 Å². The van der Waals surface area contributed by atoms with Crippen LogP contribution < -0.4 is 0 Å². The number of hydrogen-bond donors (Lipinski definition) is 2. The fourth-order valence-corrected chi connectivity index (χ4v) is 4.40. The van der Waals surface area contributed by atoms with Crippen LogP contribution in [-0.2, 0) is 20.9 Å². The summed E-state index contributed by atoms with van der Waals surface area (Å²) in [6.07, 6.45) is 9.40. The van der Waals surface area contributed by atoms with E-state index in [0.29, 0.717) is 26.0 Å². The Kier molecular flexibility index (Phi) is 7.67. The number of aliphatic carboxylic acids is 1. The summed E-state index contributed by atoms with van der Waals surface area (Å²) in [5.74, 6) is -0.570. The molecule has 2 fully saturated rings. The molecular formula is C24H33NO5. The van der Waals surface area contributed by atoms with E-state index in [1.54, 1.807) is 13.2 Å². The molecule has 1 saturated heterocycles. The Labute approximate surface area is 178 Å². The second-order valence-electron chi connectivity index (χ2n) is 8.70. The normalized spacial score (nSPS) is 21.3. The maximum absolute atomic E-state index is 12.4. The van der Waals surface area contributed by atoms with Crippen LogP contribution in [0, 0.1) is 5.41 Å². The SMILES string of the molecule is COCc1cccc([C@H](O)/C=C/[C@H]2CCC(=O)N2CCC2(CCCC(=O)O)CC2)c1. The molecule has 1 heterocycles. The molecule has 1 aliphatic carbocycles. The Bertz CT molecular complexity index is 771. The van der Waals surface area contributed by atoms with Crippen molar-refractivity contribution in [3.05, 3.63) is 47.5 Å². The number of carboxylic acid groups (broad SMARTS) is 1. The summed E-state index contributed by atoms with van der Waals surface area (Å²) in [6, 6.07) is 7.71. The molecule has 2 atom stereocenters. The van der Waals surface area contributed by atoms with E-state index in [-0.39, 0.29) is 23.8 Å². The Morgan fingerprint density at radius 1 is 1.37 bits per heavy atom. The number of aliphatic hydroxyl groups is 1. The summed E-state index contributed by atoms with van der Waals surface area (Å²) in [5, 5.41) is 19.4. The second-order valence-corrected chi connectivity index (χ2v) is 8.70. The van der Waals surface area contributed by atoms with Gasteiger partial charge in [-0.2, -0.15) is 0 Å². The van der Waals surface area contributed by atoms with Crippen LogP contribution >= 0.6 is 0 Å². The zero-order chi connectivity index (χ0) is 21.6. The summed E-state index contributed by atoms with van der Waals surface area (Å²) in [4.78, 5) is 25.1. The molecule has 1 saturated carbocycles. The maximum Gasteiger partial charge on any atom is 0.303 e. The number of rotatable bonds is 12.